The van der Waals surface area contributed by atoms with Crippen LogP contribution in [0.5, 0.6) is 0 Å². The first-order valence-corrected chi connectivity index (χ1v) is 8.27. The maximum absolute atomic E-state index is 12.4. The van der Waals surface area contributed by atoms with Crippen LogP contribution in [0.4, 0.5) is 5.69 Å². The molecule has 0 heterocycles. The number of nitrogens with one attached hydrogen (secondary N) is 2. The van der Waals surface area contributed by atoms with Gasteiger partial charge in [-0.25, -0.2) is 0 Å². The number of benzene rings is 1. The van der Waals surface area contributed by atoms with Crippen molar-refractivity contribution in [1.29, 1.82) is 0 Å². The fourth-order valence-electron chi connectivity index (χ4n) is 3.16. The lowest BCUT2D eigenvalue weighted by atomic mass is 9.81. The van der Waals surface area contributed by atoms with E-state index in [9.17, 15) is 14.4 Å². The number of anilines is 1. The van der Waals surface area contributed by atoms with Gasteiger partial charge >= 0.3 is 5.97 Å². The molecule has 1 fully saturated rings. The highest BCUT2D eigenvalue weighted by Crippen LogP contribution is 2.30. The number of carbonyl (C=O) groups is 3. The lowest BCUT2D eigenvalue weighted by Gasteiger charge is -2.27. The maximum atomic E-state index is 12.4. The third kappa shape index (κ3) is 4.81. The Hall–Kier alpha value is -2.37. The fraction of sp³-hybridized carbons (Fsp3) is 0.500. The van der Waals surface area contributed by atoms with Crippen LogP contribution in [0.15, 0.2) is 24.3 Å². The summed E-state index contributed by atoms with van der Waals surface area (Å²) in [6.07, 6.45) is 2.54. The van der Waals surface area contributed by atoms with E-state index in [0.717, 1.165) is 18.4 Å². The van der Waals surface area contributed by atoms with E-state index in [1.165, 1.54) is 6.92 Å². The topological polar surface area (TPSA) is 95.5 Å². The molecule has 6 nitrogen and oxygen atoms in total. The van der Waals surface area contributed by atoms with Gasteiger partial charge in [0.25, 0.3) is 0 Å². The number of aliphatic carboxylic acids is 1. The summed E-state index contributed by atoms with van der Waals surface area (Å²) in [5, 5.41) is 14.8. The molecule has 24 heavy (non-hydrogen) atoms. The Morgan fingerprint density at radius 1 is 1.21 bits per heavy atom. The SMILES string of the molecule is CC(=O)Nc1cccc(C(C)NC(=O)C2CCCC(C(=O)O)C2)c1. The van der Waals surface area contributed by atoms with Crippen molar-refractivity contribution in [2.45, 2.75) is 45.6 Å². The first-order valence-electron chi connectivity index (χ1n) is 8.27. The van der Waals surface area contributed by atoms with Crippen LogP contribution in [0.2, 0.25) is 0 Å². The van der Waals surface area contributed by atoms with Gasteiger partial charge in [-0.3, -0.25) is 14.4 Å². The highest BCUT2D eigenvalue weighted by molar-refractivity contribution is 5.88. The van der Waals surface area contributed by atoms with Crippen molar-refractivity contribution in [3.05, 3.63) is 29.8 Å². The van der Waals surface area contributed by atoms with Gasteiger partial charge in [0, 0.05) is 18.5 Å². The van der Waals surface area contributed by atoms with Crippen LogP contribution in [0.25, 0.3) is 0 Å². The molecule has 0 spiro atoms. The number of hydrogen-bond acceptors (Lipinski definition) is 3. The second kappa shape index (κ2) is 7.95. The molecule has 2 rings (SSSR count). The molecule has 1 saturated carbocycles. The molecule has 3 unspecified atom stereocenters. The molecular formula is C18H24N2O4. The Kier molecular flexibility index (Phi) is 5.95. The van der Waals surface area contributed by atoms with E-state index in [-0.39, 0.29) is 23.8 Å². The van der Waals surface area contributed by atoms with E-state index in [0.29, 0.717) is 18.5 Å². The quantitative estimate of drug-likeness (QED) is 0.772. The van der Waals surface area contributed by atoms with Crippen molar-refractivity contribution in [3.63, 3.8) is 0 Å². The number of hydrogen-bond donors (Lipinski definition) is 3. The molecule has 6 heteroatoms. The number of carboxylic acid groups (broad SMARTS) is 1. The Labute approximate surface area is 141 Å². The van der Waals surface area contributed by atoms with Crippen LogP contribution in [0, 0.1) is 11.8 Å². The van der Waals surface area contributed by atoms with Crippen molar-refractivity contribution in [3.8, 4) is 0 Å². The average Bonchev–Trinajstić information content (AvgIpc) is 2.54. The van der Waals surface area contributed by atoms with E-state index in [1.807, 2.05) is 25.1 Å². The summed E-state index contributed by atoms with van der Waals surface area (Å²) in [7, 11) is 0. The Balaban J connectivity index is 1.98. The van der Waals surface area contributed by atoms with E-state index in [4.69, 9.17) is 5.11 Å². The smallest absolute Gasteiger partial charge is 0.306 e. The fourth-order valence-corrected chi connectivity index (χ4v) is 3.16. The molecule has 2 amide bonds. The molecule has 0 aliphatic heterocycles. The van der Waals surface area contributed by atoms with Gasteiger partial charge in [-0.05, 0) is 43.9 Å². The summed E-state index contributed by atoms with van der Waals surface area (Å²) in [5.41, 5.74) is 1.57. The number of carbonyl (C=O) groups excluding carboxylic acids is 2. The molecule has 0 saturated heterocycles. The van der Waals surface area contributed by atoms with Crippen molar-refractivity contribution < 1.29 is 19.5 Å². The average molecular weight is 332 g/mol. The summed E-state index contributed by atoms with van der Waals surface area (Å²) in [6, 6.07) is 7.11. The summed E-state index contributed by atoms with van der Waals surface area (Å²) >= 11 is 0. The lowest BCUT2D eigenvalue weighted by molar-refractivity contribution is -0.144. The highest BCUT2D eigenvalue weighted by atomic mass is 16.4. The minimum Gasteiger partial charge on any atom is -0.481 e. The summed E-state index contributed by atoms with van der Waals surface area (Å²) in [4.78, 5) is 34.7. The molecule has 0 radical (unpaired) electrons. The van der Waals surface area contributed by atoms with E-state index >= 15 is 0 Å². The van der Waals surface area contributed by atoms with Crippen LogP contribution in [-0.4, -0.2) is 22.9 Å². The van der Waals surface area contributed by atoms with Crippen LogP contribution >= 0.6 is 0 Å². The minimum absolute atomic E-state index is 0.0987. The van der Waals surface area contributed by atoms with Gasteiger partial charge in [0.2, 0.25) is 11.8 Å². The van der Waals surface area contributed by atoms with Gasteiger partial charge in [0.1, 0.15) is 0 Å². The van der Waals surface area contributed by atoms with Crippen molar-refractivity contribution in [2.75, 3.05) is 5.32 Å². The van der Waals surface area contributed by atoms with Crippen LogP contribution in [-0.2, 0) is 14.4 Å². The van der Waals surface area contributed by atoms with Crippen molar-refractivity contribution in [2.24, 2.45) is 11.8 Å². The monoisotopic (exact) mass is 332 g/mol. The summed E-state index contributed by atoms with van der Waals surface area (Å²) in [6.45, 7) is 3.32. The third-order valence-electron chi connectivity index (χ3n) is 4.46. The first-order chi connectivity index (χ1) is 11.4. The van der Waals surface area contributed by atoms with Crippen LogP contribution in [0.1, 0.15) is 51.1 Å². The van der Waals surface area contributed by atoms with Gasteiger partial charge in [-0.2, -0.15) is 0 Å². The predicted molar refractivity (Wildman–Crippen MR) is 90.4 cm³/mol. The van der Waals surface area contributed by atoms with Gasteiger partial charge in [-0.1, -0.05) is 18.6 Å². The maximum Gasteiger partial charge on any atom is 0.306 e. The van der Waals surface area contributed by atoms with Crippen molar-refractivity contribution >= 4 is 23.5 Å². The molecule has 1 aromatic rings. The molecule has 3 N–H and O–H groups in total. The standard InChI is InChI=1S/C18H24N2O4/c1-11(13-5-4-8-16(10-13)20-12(2)21)19-17(22)14-6-3-7-15(9-14)18(23)24/h4-5,8,10-11,14-15H,3,6-7,9H2,1-2H3,(H,19,22)(H,20,21)(H,23,24). The molecule has 1 aromatic carbocycles. The lowest BCUT2D eigenvalue weighted by Crippen LogP contribution is -2.36. The Morgan fingerprint density at radius 3 is 2.58 bits per heavy atom. The molecule has 0 bridgehead atoms. The van der Waals surface area contributed by atoms with Crippen LogP contribution in [0.3, 0.4) is 0 Å². The summed E-state index contributed by atoms with van der Waals surface area (Å²) < 4.78 is 0. The minimum atomic E-state index is -0.816. The number of amides is 2. The molecular weight excluding hydrogens is 308 g/mol. The highest BCUT2D eigenvalue weighted by Gasteiger charge is 2.31. The van der Waals surface area contributed by atoms with Gasteiger partial charge in [0.05, 0.1) is 12.0 Å². The Bertz CT molecular complexity index is 629. The normalized spacial score (nSPS) is 21.6. The van der Waals surface area contributed by atoms with Gasteiger partial charge in [0.15, 0.2) is 0 Å². The van der Waals surface area contributed by atoms with E-state index in [1.54, 1.807) is 6.07 Å². The third-order valence-corrected chi connectivity index (χ3v) is 4.46. The zero-order chi connectivity index (χ0) is 17.7. The Morgan fingerprint density at radius 2 is 1.92 bits per heavy atom. The molecule has 1 aliphatic carbocycles. The molecule has 3 atom stereocenters. The zero-order valence-electron chi connectivity index (χ0n) is 14.0. The predicted octanol–water partition coefficient (Wildman–Crippen LogP) is 2.71. The molecule has 1 aliphatic rings. The molecule has 0 aromatic heterocycles. The molecule has 130 valence electrons. The zero-order valence-corrected chi connectivity index (χ0v) is 14.0. The van der Waals surface area contributed by atoms with E-state index < -0.39 is 11.9 Å². The number of carboxylic acids is 1. The van der Waals surface area contributed by atoms with Crippen molar-refractivity contribution in [1.82, 2.24) is 5.32 Å². The second-order valence-corrected chi connectivity index (χ2v) is 6.44. The number of rotatable bonds is 5. The van der Waals surface area contributed by atoms with Gasteiger partial charge < -0.3 is 15.7 Å². The van der Waals surface area contributed by atoms with Crippen LogP contribution < -0.4 is 10.6 Å². The second-order valence-electron chi connectivity index (χ2n) is 6.44. The largest absolute Gasteiger partial charge is 0.481 e. The van der Waals surface area contributed by atoms with Gasteiger partial charge in [-0.15, -0.1) is 0 Å². The first kappa shape index (κ1) is 18.0. The summed E-state index contributed by atoms with van der Waals surface area (Å²) in [5.74, 6) is -1.73. The van der Waals surface area contributed by atoms with E-state index in [2.05, 4.69) is 10.6 Å².